The van der Waals surface area contributed by atoms with Crippen molar-refractivity contribution in [3.8, 4) is 23.7 Å². The third-order valence-corrected chi connectivity index (χ3v) is 6.18. The molecule has 0 N–H and O–H groups in total. The second kappa shape index (κ2) is 9.84. The second-order valence-electron chi connectivity index (χ2n) is 8.78. The van der Waals surface area contributed by atoms with Gasteiger partial charge >= 0.3 is 6.18 Å². The van der Waals surface area contributed by atoms with Gasteiger partial charge in [-0.05, 0) is 77.4 Å². The van der Waals surface area contributed by atoms with Crippen LogP contribution in [-0.4, -0.2) is 12.8 Å². The van der Waals surface area contributed by atoms with Crippen molar-refractivity contribution in [1.82, 2.24) is 0 Å². The monoisotopic (exact) mass is 508 g/mol. The fourth-order valence-corrected chi connectivity index (χ4v) is 4.42. The lowest BCUT2D eigenvalue weighted by molar-refractivity contribution is -0.0696. The molecule has 0 aromatic heterocycles. The van der Waals surface area contributed by atoms with E-state index in [4.69, 9.17) is 4.74 Å². The van der Waals surface area contributed by atoms with Gasteiger partial charge in [0.2, 0.25) is 0 Å². The van der Waals surface area contributed by atoms with Crippen molar-refractivity contribution < 1.29 is 31.1 Å². The van der Waals surface area contributed by atoms with Crippen molar-refractivity contribution in [2.24, 2.45) is 0 Å². The fourth-order valence-electron chi connectivity index (χ4n) is 4.42. The van der Waals surface area contributed by atoms with Gasteiger partial charge in [0.05, 0.1) is 17.1 Å². The van der Waals surface area contributed by atoms with Crippen molar-refractivity contribution in [3.63, 3.8) is 0 Å². The smallest absolute Gasteiger partial charge is 0.374 e. The summed E-state index contributed by atoms with van der Waals surface area (Å²) < 4.78 is 86.5. The van der Waals surface area contributed by atoms with E-state index in [1.54, 1.807) is 0 Å². The number of alkyl halides is 3. The number of halogens is 6. The Morgan fingerprint density at radius 1 is 0.730 bits per heavy atom. The van der Waals surface area contributed by atoms with Crippen LogP contribution >= 0.6 is 0 Å². The van der Waals surface area contributed by atoms with E-state index in [1.807, 2.05) is 30.3 Å². The highest BCUT2D eigenvalue weighted by molar-refractivity contribution is 5.87. The third-order valence-electron chi connectivity index (χ3n) is 6.18. The molecule has 1 heterocycles. The van der Waals surface area contributed by atoms with Crippen molar-refractivity contribution in [2.45, 2.75) is 31.5 Å². The minimum Gasteiger partial charge on any atom is -0.374 e. The first-order valence-corrected chi connectivity index (χ1v) is 11.6. The van der Waals surface area contributed by atoms with Crippen LogP contribution < -0.4 is 0 Å². The summed E-state index contributed by atoms with van der Waals surface area (Å²) in [6.45, 7) is 0.763. The average Bonchev–Trinajstić information content (AvgIpc) is 2.86. The lowest BCUT2D eigenvalue weighted by Gasteiger charge is -2.23. The van der Waals surface area contributed by atoms with Gasteiger partial charge in [0.25, 0.3) is 0 Å². The van der Waals surface area contributed by atoms with Crippen LogP contribution in [0.5, 0.6) is 0 Å². The molecule has 0 amide bonds. The Balaban J connectivity index is 1.45. The van der Waals surface area contributed by atoms with E-state index >= 15 is 0 Å². The lowest BCUT2D eigenvalue weighted by Crippen LogP contribution is -2.11. The first-order chi connectivity index (χ1) is 17.7. The van der Waals surface area contributed by atoms with Gasteiger partial charge in [-0.25, -0.2) is 13.2 Å². The number of hydrogen-bond acceptors (Lipinski definition) is 1. The molecule has 0 spiro atoms. The maximum atomic E-state index is 14.7. The van der Waals surface area contributed by atoms with Crippen molar-refractivity contribution in [3.05, 3.63) is 94.3 Å². The molecule has 5 rings (SSSR count). The number of hydrogen-bond donors (Lipinski definition) is 0. The van der Waals surface area contributed by atoms with E-state index in [0.29, 0.717) is 5.56 Å². The molecule has 1 nitrogen and oxygen atoms in total. The van der Waals surface area contributed by atoms with Crippen LogP contribution in [0.2, 0.25) is 0 Å². The largest absolute Gasteiger partial charge is 0.458 e. The summed E-state index contributed by atoms with van der Waals surface area (Å²) in [6, 6.07) is 14.7. The normalized spacial score (nSPS) is 15.7. The molecule has 4 aromatic rings. The van der Waals surface area contributed by atoms with Crippen LogP contribution in [0.15, 0.2) is 54.6 Å². The van der Waals surface area contributed by atoms with E-state index in [-0.39, 0.29) is 17.1 Å². The summed E-state index contributed by atoms with van der Waals surface area (Å²) in [4.78, 5) is 0. The predicted molar refractivity (Wildman–Crippen MR) is 129 cm³/mol. The molecular formula is C30H18F6O. The summed E-state index contributed by atoms with van der Waals surface area (Å²) in [6.07, 6.45) is -1.63. The lowest BCUT2D eigenvalue weighted by atomic mass is 9.97. The first-order valence-electron chi connectivity index (χ1n) is 11.6. The summed E-state index contributed by atoms with van der Waals surface area (Å²) in [7, 11) is 0. The number of fused-ring (bicyclic) bond motifs is 2. The SMILES string of the molecule is Fc1cc2cc(C#Cc3ccc4cc(C5CCCCO5)ccc4c3)cc(F)c2c(F)c1C#CC(F)(F)F. The Morgan fingerprint density at radius 3 is 2.22 bits per heavy atom. The molecule has 7 heteroatoms. The molecule has 0 saturated carbocycles. The van der Waals surface area contributed by atoms with Gasteiger partial charge in [-0.1, -0.05) is 36.0 Å². The number of ether oxygens (including phenoxy) is 1. The van der Waals surface area contributed by atoms with E-state index in [9.17, 15) is 26.3 Å². The van der Waals surface area contributed by atoms with E-state index in [1.165, 1.54) is 12.0 Å². The molecule has 0 aliphatic carbocycles. The van der Waals surface area contributed by atoms with Gasteiger partial charge in [-0.3, -0.25) is 0 Å². The highest BCUT2D eigenvalue weighted by atomic mass is 19.4. The number of benzene rings is 4. The third kappa shape index (κ3) is 5.43. The molecule has 1 aliphatic rings. The highest BCUT2D eigenvalue weighted by Crippen LogP contribution is 2.31. The van der Waals surface area contributed by atoms with Crippen molar-refractivity contribution in [2.75, 3.05) is 6.61 Å². The van der Waals surface area contributed by atoms with Gasteiger partial charge in [-0.2, -0.15) is 13.2 Å². The summed E-state index contributed by atoms with van der Waals surface area (Å²) in [5, 5.41) is 1.17. The number of rotatable bonds is 1. The minimum atomic E-state index is -4.94. The molecule has 4 aromatic carbocycles. The van der Waals surface area contributed by atoms with Gasteiger partial charge in [0.15, 0.2) is 5.82 Å². The molecular weight excluding hydrogens is 490 g/mol. The van der Waals surface area contributed by atoms with Crippen LogP contribution in [0.4, 0.5) is 26.3 Å². The molecule has 1 unspecified atom stereocenters. The Labute approximate surface area is 209 Å². The quantitative estimate of drug-likeness (QED) is 0.187. The summed E-state index contributed by atoms with van der Waals surface area (Å²) in [5.74, 6) is 4.04. The summed E-state index contributed by atoms with van der Waals surface area (Å²) in [5.41, 5.74) is 0.800. The Morgan fingerprint density at radius 2 is 1.46 bits per heavy atom. The standard InChI is InChI=1S/C30H18F6O/c31-25-17-23-14-19(15-26(32)28(23)29(33)24(25)10-11-30(34,35)36)5-4-18-6-7-21-16-22(9-8-20(21)13-18)27-3-1-2-12-37-27/h6-9,13-17,27H,1-3,12H2. The zero-order chi connectivity index (χ0) is 26.2. The van der Waals surface area contributed by atoms with E-state index in [2.05, 4.69) is 17.9 Å². The van der Waals surface area contributed by atoms with E-state index in [0.717, 1.165) is 60.3 Å². The zero-order valence-corrected chi connectivity index (χ0v) is 19.3. The fraction of sp³-hybridized carbons (Fsp3) is 0.200. The Hall–Kier alpha value is -3.94. The second-order valence-corrected chi connectivity index (χ2v) is 8.78. The topological polar surface area (TPSA) is 9.23 Å². The van der Waals surface area contributed by atoms with Crippen molar-refractivity contribution in [1.29, 1.82) is 0 Å². The van der Waals surface area contributed by atoms with Crippen LogP contribution in [0.25, 0.3) is 21.5 Å². The predicted octanol–water partition coefficient (Wildman–Crippen LogP) is 7.97. The van der Waals surface area contributed by atoms with Gasteiger partial charge in [0, 0.05) is 23.7 Å². The van der Waals surface area contributed by atoms with Gasteiger partial charge < -0.3 is 4.74 Å². The van der Waals surface area contributed by atoms with Crippen LogP contribution in [0.1, 0.15) is 47.6 Å². The Kier molecular flexibility index (Phi) is 6.58. The van der Waals surface area contributed by atoms with Gasteiger partial charge in [0.1, 0.15) is 11.6 Å². The highest BCUT2D eigenvalue weighted by Gasteiger charge is 2.24. The molecule has 1 saturated heterocycles. The molecule has 186 valence electrons. The maximum absolute atomic E-state index is 14.7. The molecule has 1 atom stereocenters. The average molecular weight is 508 g/mol. The molecule has 1 fully saturated rings. The van der Waals surface area contributed by atoms with E-state index < -0.39 is 34.6 Å². The minimum absolute atomic E-state index is 0.0999. The molecule has 0 radical (unpaired) electrons. The maximum Gasteiger partial charge on any atom is 0.458 e. The van der Waals surface area contributed by atoms with Crippen LogP contribution in [-0.2, 0) is 4.74 Å². The molecule has 37 heavy (non-hydrogen) atoms. The van der Waals surface area contributed by atoms with Crippen molar-refractivity contribution >= 4 is 21.5 Å². The van der Waals surface area contributed by atoms with Gasteiger partial charge in [-0.15, -0.1) is 0 Å². The first kappa shape index (κ1) is 24.7. The zero-order valence-electron chi connectivity index (χ0n) is 19.3. The van der Waals surface area contributed by atoms with Crippen LogP contribution in [0, 0.1) is 41.1 Å². The Bertz CT molecular complexity index is 1640. The summed E-state index contributed by atoms with van der Waals surface area (Å²) >= 11 is 0. The molecule has 0 bridgehead atoms. The van der Waals surface area contributed by atoms with Crippen LogP contribution in [0.3, 0.4) is 0 Å². The molecule has 1 aliphatic heterocycles.